The quantitative estimate of drug-likeness (QED) is 0.377. The highest BCUT2D eigenvalue weighted by Gasteiger charge is 2.09. The van der Waals surface area contributed by atoms with E-state index in [0.717, 1.165) is 26.1 Å². The molecule has 0 aromatic heterocycles. The summed E-state index contributed by atoms with van der Waals surface area (Å²) in [5.74, 6) is 0.411. The summed E-state index contributed by atoms with van der Waals surface area (Å²) in [6, 6.07) is 5.90. The van der Waals surface area contributed by atoms with Crippen LogP contribution in [0.5, 0.6) is 0 Å². The largest absolute Gasteiger partial charge is 0.386 e. The maximum Gasteiger partial charge on any atom is 0.191 e. The van der Waals surface area contributed by atoms with Gasteiger partial charge in [0.15, 0.2) is 5.96 Å². The number of halogens is 1. The molecule has 1 atom stereocenters. The van der Waals surface area contributed by atoms with Gasteiger partial charge in [-0.15, -0.1) is 0 Å². The number of aliphatic hydroxyl groups excluding tert-OH is 1. The average molecular weight is 365 g/mol. The van der Waals surface area contributed by atoms with Gasteiger partial charge in [0.1, 0.15) is 5.82 Å². The molecule has 3 N–H and O–H groups in total. The Hall–Kier alpha value is -1.66. The minimum atomic E-state index is -0.733. The summed E-state index contributed by atoms with van der Waals surface area (Å²) in [7, 11) is 0. The highest BCUT2D eigenvalue weighted by molar-refractivity contribution is 5.79. The van der Waals surface area contributed by atoms with E-state index in [1.165, 1.54) is 50.9 Å². The summed E-state index contributed by atoms with van der Waals surface area (Å²) < 4.78 is 13.0. The van der Waals surface area contributed by atoms with E-state index in [9.17, 15) is 9.50 Å². The van der Waals surface area contributed by atoms with Crippen LogP contribution in [0.3, 0.4) is 0 Å². The number of hydrogen-bond donors (Lipinski definition) is 3. The Morgan fingerprint density at radius 2 is 1.85 bits per heavy atom. The SMILES string of the molecule is CCNC(=NCC(O)c1ccc(F)cc1)NCCCN1CCCCCC1. The third kappa shape index (κ3) is 7.70. The molecule has 0 bridgehead atoms. The third-order valence-corrected chi connectivity index (χ3v) is 4.66. The molecule has 1 aliphatic heterocycles. The topological polar surface area (TPSA) is 59.9 Å². The zero-order valence-electron chi connectivity index (χ0n) is 15.9. The zero-order valence-corrected chi connectivity index (χ0v) is 15.9. The number of guanidine groups is 1. The van der Waals surface area contributed by atoms with E-state index in [1.807, 2.05) is 6.92 Å². The smallest absolute Gasteiger partial charge is 0.191 e. The molecular weight excluding hydrogens is 331 g/mol. The Kier molecular flexibility index (Phi) is 9.42. The van der Waals surface area contributed by atoms with Gasteiger partial charge >= 0.3 is 0 Å². The van der Waals surface area contributed by atoms with Gasteiger partial charge in [0.2, 0.25) is 0 Å². The first-order valence-electron chi connectivity index (χ1n) is 9.87. The second kappa shape index (κ2) is 11.9. The molecule has 1 aromatic rings. The average Bonchev–Trinajstić information content (AvgIpc) is 2.92. The molecule has 2 rings (SSSR count). The number of rotatable bonds is 8. The van der Waals surface area contributed by atoms with E-state index in [-0.39, 0.29) is 12.4 Å². The molecule has 0 aliphatic carbocycles. The predicted octanol–water partition coefficient (Wildman–Crippen LogP) is 2.68. The minimum Gasteiger partial charge on any atom is -0.386 e. The molecule has 1 heterocycles. The van der Waals surface area contributed by atoms with Crippen LogP contribution in [-0.2, 0) is 0 Å². The van der Waals surface area contributed by atoms with Crippen molar-refractivity contribution in [2.75, 3.05) is 39.3 Å². The number of nitrogens with one attached hydrogen (secondary N) is 2. The molecular formula is C20H33FN4O. The Morgan fingerprint density at radius 1 is 1.15 bits per heavy atom. The molecule has 146 valence electrons. The molecule has 0 radical (unpaired) electrons. The summed E-state index contributed by atoms with van der Waals surface area (Å²) in [4.78, 5) is 7.00. The Labute approximate surface area is 156 Å². The van der Waals surface area contributed by atoms with Crippen LogP contribution in [0.4, 0.5) is 4.39 Å². The second-order valence-electron chi connectivity index (χ2n) is 6.82. The summed E-state index contributed by atoms with van der Waals surface area (Å²) in [5, 5.41) is 16.7. The van der Waals surface area contributed by atoms with E-state index < -0.39 is 6.10 Å². The molecule has 26 heavy (non-hydrogen) atoms. The van der Waals surface area contributed by atoms with Gasteiger partial charge in [-0.25, -0.2) is 4.39 Å². The molecule has 1 aromatic carbocycles. The van der Waals surface area contributed by atoms with Gasteiger partial charge in [-0.3, -0.25) is 4.99 Å². The van der Waals surface area contributed by atoms with Crippen molar-refractivity contribution < 1.29 is 9.50 Å². The maximum absolute atomic E-state index is 13.0. The van der Waals surface area contributed by atoms with Gasteiger partial charge in [0.25, 0.3) is 0 Å². The maximum atomic E-state index is 13.0. The summed E-state index contributed by atoms with van der Waals surface area (Å²) in [6.07, 6.45) is 5.70. The summed E-state index contributed by atoms with van der Waals surface area (Å²) in [6.45, 7) is 7.44. The number of likely N-dealkylation sites (tertiary alicyclic amines) is 1. The third-order valence-electron chi connectivity index (χ3n) is 4.66. The Balaban J connectivity index is 1.73. The van der Waals surface area contributed by atoms with Crippen LogP contribution < -0.4 is 10.6 Å². The highest BCUT2D eigenvalue weighted by Crippen LogP contribution is 2.13. The number of aliphatic imine (C=N–C) groups is 1. The van der Waals surface area contributed by atoms with Crippen molar-refractivity contribution >= 4 is 5.96 Å². The molecule has 1 saturated heterocycles. The molecule has 5 nitrogen and oxygen atoms in total. The monoisotopic (exact) mass is 364 g/mol. The van der Waals surface area contributed by atoms with Gasteiger partial charge in [0.05, 0.1) is 12.6 Å². The predicted molar refractivity (Wildman–Crippen MR) is 105 cm³/mol. The first-order valence-corrected chi connectivity index (χ1v) is 9.87. The van der Waals surface area contributed by atoms with Crippen LogP contribution in [0.2, 0.25) is 0 Å². The van der Waals surface area contributed by atoms with Gasteiger partial charge in [-0.2, -0.15) is 0 Å². The lowest BCUT2D eigenvalue weighted by Gasteiger charge is -2.20. The molecule has 1 fully saturated rings. The standard InChI is InChI=1S/C20H33FN4O/c1-2-22-20(23-12-7-15-25-13-5-3-4-6-14-25)24-16-19(26)17-8-10-18(21)11-9-17/h8-11,19,26H,2-7,12-16H2,1H3,(H2,22,23,24). The van der Waals surface area contributed by atoms with Gasteiger partial charge in [0, 0.05) is 13.1 Å². The van der Waals surface area contributed by atoms with Crippen molar-refractivity contribution in [3.8, 4) is 0 Å². The van der Waals surface area contributed by atoms with Crippen molar-refractivity contribution in [1.82, 2.24) is 15.5 Å². The molecule has 1 unspecified atom stereocenters. The van der Waals surface area contributed by atoms with E-state index >= 15 is 0 Å². The van der Waals surface area contributed by atoms with Gasteiger partial charge < -0.3 is 20.6 Å². The van der Waals surface area contributed by atoms with Crippen molar-refractivity contribution in [1.29, 1.82) is 0 Å². The normalized spacial score (nSPS) is 17.6. The van der Waals surface area contributed by atoms with Crippen LogP contribution in [0.15, 0.2) is 29.3 Å². The lowest BCUT2D eigenvalue weighted by atomic mass is 10.1. The van der Waals surface area contributed by atoms with Crippen LogP contribution in [0.1, 0.15) is 50.7 Å². The fourth-order valence-electron chi connectivity index (χ4n) is 3.18. The van der Waals surface area contributed by atoms with Gasteiger partial charge in [-0.05, 0) is 63.5 Å². The Bertz CT molecular complexity index is 527. The van der Waals surface area contributed by atoms with Crippen LogP contribution >= 0.6 is 0 Å². The molecule has 6 heteroatoms. The number of nitrogens with zero attached hydrogens (tertiary/aromatic N) is 2. The lowest BCUT2D eigenvalue weighted by Crippen LogP contribution is -2.39. The van der Waals surface area contributed by atoms with E-state index in [2.05, 4.69) is 20.5 Å². The van der Waals surface area contributed by atoms with Crippen molar-refractivity contribution in [2.45, 2.75) is 45.1 Å². The summed E-state index contributed by atoms with van der Waals surface area (Å²) >= 11 is 0. The lowest BCUT2D eigenvalue weighted by molar-refractivity contribution is 0.187. The number of benzene rings is 1. The van der Waals surface area contributed by atoms with Crippen molar-refractivity contribution in [3.63, 3.8) is 0 Å². The first kappa shape index (κ1) is 20.6. The zero-order chi connectivity index (χ0) is 18.6. The molecule has 0 saturated carbocycles. The molecule has 1 aliphatic rings. The number of hydrogen-bond acceptors (Lipinski definition) is 3. The van der Waals surface area contributed by atoms with E-state index in [0.29, 0.717) is 11.5 Å². The fourth-order valence-corrected chi connectivity index (χ4v) is 3.18. The van der Waals surface area contributed by atoms with Crippen LogP contribution in [0, 0.1) is 5.82 Å². The van der Waals surface area contributed by atoms with E-state index in [4.69, 9.17) is 0 Å². The van der Waals surface area contributed by atoms with Crippen molar-refractivity contribution in [2.24, 2.45) is 4.99 Å². The number of aliphatic hydroxyl groups is 1. The molecule has 0 spiro atoms. The fraction of sp³-hybridized carbons (Fsp3) is 0.650. The summed E-state index contributed by atoms with van der Waals surface area (Å²) in [5.41, 5.74) is 0.673. The van der Waals surface area contributed by atoms with Crippen LogP contribution in [-0.4, -0.2) is 55.2 Å². The highest BCUT2D eigenvalue weighted by atomic mass is 19.1. The first-order chi connectivity index (χ1) is 12.7. The van der Waals surface area contributed by atoms with Crippen molar-refractivity contribution in [3.05, 3.63) is 35.6 Å². The minimum absolute atomic E-state index is 0.243. The van der Waals surface area contributed by atoms with Crippen LogP contribution in [0.25, 0.3) is 0 Å². The van der Waals surface area contributed by atoms with Gasteiger partial charge in [-0.1, -0.05) is 25.0 Å². The Morgan fingerprint density at radius 3 is 2.50 bits per heavy atom. The van der Waals surface area contributed by atoms with E-state index in [1.54, 1.807) is 12.1 Å². The molecule has 0 amide bonds. The second-order valence-corrected chi connectivity index (χ2v) is 6.82.